The van der Waals surface area contributed by atoms with Gasteiger partial charge in [-0.05, 0) is 23.1 Å². The summed E-state index contributed by atoms with van der Waals surface area (Å²) in [5.41, 5.74) is 1.81. The predicted octanol–water partition coefficient (Wildman–Crippen LogP) is 3.12. The number of carbonyl (C=O) groups excluding carboxylic acids is 2. The molecule has 0 saturated heterocycles. The van der Waals surface area contributed by atoms with Crippen molar-refractivity contribution in [2.45, 2.75) is 38.4 Å². The molecular weight excluding hydrogens is 271 g/mol. The largest absolute Gasteiger partial charge is 0.471 e. The van der Waals surface area contributed by atoms with Gasteiger partial charge in [0.25, 0.3) is 0 Å². The average Bonchev–Trinajstić information content (AvgIpc) is 2.64. The highest BCUT2D eigenvalue weighted by Gasteiger charge is 2.41. The molecule has 1 unspecified atom stereocenters. The van der Waals surface area contributed by atoms with E-state index in [4.69, 9.17) is 0 Å². The Morgan fingerprint density at radius 3 is 2.55 bits per heavy atom. The number of benzene rings is 1. The van der Waals surface area contributed by atoms with Crippen molar-refractivity contribution >= 4 is 11.7 Å². The van der Waals surface area contributed by atoms with Crippen LogP contribution in [0.4, 0.5) is 13.2 Å². The van der Waals surface area contributed by atoms with Crippen LogP contribution < -0.4 is 5.32 Å². The second-order valence-corrected chi connectivity index (χ2v) is 5.15. The Morgan fingerprint density at radius 2 is 2.00 bits per heavy atom. The molecule has 0 aliphatic heterocycles. The summed E-state index contributed by atoms with van der Waals surface area (Å²) in [6, 6.07) is 4.20. The molecule has 0 saturated carbocycles. The lowest BCUT2D eigenvalue weighted by Crippen LogP contribution is -2.38. The van der Waals surface area contributed by atoms with Gasteiger partial charge in [-0.25, -0.2) is 0 Å². The van der Waals surface area contributed by atoms with Crippen molar-refractivity contribution in [3.05, 3.63) is 34.9 Å². The molecule has 0 bridgehead atoms. The smallest absolute Gasteiger partial charge is 0.341 e. The van der Waals surface area contributed by atoms with Crippen LogP contribution in [0.25, 0.3) is 0 Å². The number of alkyl halides is 3. The molecule has 1 aromatic rings. The van der Waals surface area contributed by atoms with Crippen LogP contribution in [-0.2, 0) is 4.79 Å². The highest BCUT2D eigenvalue weighted by atomic mass is 19.4. The summed E-state index contributed by atoms with van der Waals surface area (Å²) in [6.07, 6.45) is -5.07. The molecule has 0 aromatic heterocycles. The number of hydrogen-bond donors (Lipinski definition) is 1. The van der Waals surface area contributed by atoms with Crippen LogP contribution in [0.1, 0.15) is 53.7 Å². The maximum absolute atomic E-state index is 12.2. The number of rotatable bonds is 2. The molecule has 2 rings (SSSR count). The SMILES string of the molecule is CC(C)c1ccc2c(c1)C(=O)CC2NC(=O)C(F)(F)F. The number of hydrogen-bond acceptors (Lipinski definition) is 2. The van der Waals surface area contributed by atoms with Gasteiger partial charge in [0.15, 0.2) is 5.78 Å². The van der Waals surface area contributed by atoms with Crippen molar-refractivity contribution in [2.24, 2.45) is 0 Å². The summed E-state index contributed by atoms with van der Waals surface area (Å²) in [4.78, 5) is 22.8. The van der Waals surface area contributed by atoms with Gasteiger partial charge in [0.1, 0.15) is 0 Å². The number of carbonyl (C=O) groups is 2. The summed E-state index contributed by atoms with van der Waals surface area (Å²) in [7, 11) is 0. The van der Waals surface area contributed by atoms with E-state index in [1.54, 1.807) is 18.2 Å². The molecule has 1 atom stereocenters. The number of Topliss-reactive ketones (excluding diaryl/α,β-unsaturated/α-hetero) is 1. The molecule has 1 aliphatic rings. The Hall–Kier alpha value is -1.85. The fraction of sp³-hybridized carbons (Fsp3) is 0.429. The van der Waals surface area contributed by atoms with E-state index in [2.05, 4.69) is 0 Å². The van der Waals surface area contributed by atoms with E-state index in [1.807, 2.05) is 19.2 Å². The topological polar surface area (TPSA) is 46.2 Å². The number of nitrogens with one attached hydrogen (secondary N) is 1. The monoisotopic (exact) mass is 285 g/mol. The van der Waals surface area contributed by atoms with Gasteiger partial charge in [-0.15, -0.1) is 0 Å². The maximum Gasteiger partial charge on any atom is 0.471 e. The summed E-state index contributed by atoms with van der Waals surface area (Å²) in [6.45, 7) is 3.92. The Morgan fingerprint density at radius 1 is 1.35 bits per heavy atom. The van der Waals surface area contributed by atoms with E-state index >= 15 is 0 Å². The van der Waals surface area contributed by atoms with Crippen LogP contribution in [0.2, 0.25) is 0 Å². The number of halogens is 3. The third-order valence-electron chi connectivity index (χ3n) is 3.37. The molecule has 20 heavy (non-hydrogen) atoms. The van der Waals surface area contributed by atoms with Gasteiger partial charge in [-0.3, -0.25) is 9.59 Å². The normalized spacial score (nSPS) is 18.3. The standard InChI is InChI=1S/C14H14F3NO2/c1-7(2)8-3-4-9-10(5-8)12(19)6-11(9)18-13(20)14(15,16)17/h3-5,7,11H,6H2,1-2H3,(H,18,20). The van der Waals surface area contributed by atoms with E-state index in [1.165, 1.54) is 0 Å². The first-order valence-electron chi connectivity index (χ1n) is 6.25. The Balaban J connectivity index is 2.27. The quantitative estimate of drug-likeness (QED) is 0.907. The van der Waals surface area contributed by atoms with Crippen molar-refractivity contribution in [2.75, 3.05) is 0 Å². The summed E-state index contributed by atoms with van der Waals surface area (Å²) >= 11 is 0. The minimum Gasteiger partial charge on any atom is -0.341 e. The zero-order valence-electron chi connectivity index (χ0n) is 11.0. The fourth-order valence-corrected chi connectivity index (χ4v) is 2.25. The zero-order chi connectivity index (χ0) is 15.1. The molecule has 1 N–H and O–H groups in total. The minimum absolute atomic E-state index is 0.126. The van der Waals surface area contributed by atoms with Gasteiger partial charge >= 0.3 is 12.1 Å². The fourth-order valence-electron chi connectivity index (χ4n) is 2.25. The highest BCUT2D eigenvalue weighted by Crippen LogP contribution is 2.34. The average molecular weight is 285 g/mol. The van der Waals surface area contributed by atoms with Crippen molar-refractivity contribution in [1.29, 1.82) is 0 Å². The van der Waals surface area contributed by atoms with Crippen molar-refractivity contribution in [3.8, 4) is 0 Å². The van der Waals surface area contributed by atoms with Gasteiger partial charge in [-0.1, -0.05) is 26.0 Å². The van der Waals surface area contributed by atoms with Crippen LogP contribution in [-0.4, -0.2) is 17.9 Å². The summed E-state index contributed by atoms with van der Waals surface area (Å²) in [5.74, 6) is -2.04. The van der Waals surface area contributed by atoms with Crippen molar-refractivity contribution in [1.82, 2.24) is 5.32 Å². The van der Waals surface area contributed by atoms with E-state index in [-0.39, 0.29) is 18.1 Å². The molecule has 1 aliphatic carbocycles. The lowest BCUT2D eigenvalue weighted by atomic mass is 9.98. The zero-order valence-corrected chi connectivity index (χ0v) is 11.0. The van der Waals surface area contributed by atoms with Crippen LogP contribution in [0.3, 0.4) is 0 Å². The first-order valence-corrected chi connectivity index (χ1v) is 6.25. The van der Waals surface area contributed by atoms with E-state index < -0.39 is 18.1 Å². The van der Waals surface area contributed by atoms with Crippen LogP contribution >= 0.6 is 0 Å². The summed E-state index contributed by atoms with van der Waals surface area (Å²) < 4.78 is 36.7. The number of amides is 1. The third kappa shape index (κ3) is 2.69. The number of ketones is 1. The molecule has 108 valence electrons. The Labute approximate surface area is 114 Å². The molecule has 1 aromatic carbocycles. The van der Waals surface area contributed by atoms with Gasteiger partial charge in [-0.2, -0.15) is 13.2 Å². The maximum atomic E-state index is 12.2. The molecule has 0 spiro atoms. The molecule has 0 radical (unpaired) electrons. The molecular formula is C14H14F3NO2. The van der Waals surface area contributed by atoms with E-state index in [0.717, 1.165) is 5.56 Å². The molecule has 1 amide bonds. The molecule has 6 heteroatoms. The van der Waals surface area contributed by atoms with Gasteiger partial charge in [0.05, 0.1) is 6.04 Å². The van der Waals surface area contributed by atoms with Crippen LogP contribution in [0.15, 0.2) is 18.2 Å². The van der Waals surface area contributed by atoms with Crippen LogP contribution in [0.5, 0.6) is 0 Å². The van der Waals surface area contributed by atoms with Crippen LogP contribution in [0, 0.1) is 0 Å². The lowest BCUT2D eigenvalue weighted by molar-refractivity contribution is -0.174. The van der Waals surface area contributed by atoms with E-state index in [9.17, 15) is 22.8 Å². The van der Waals surface area contributed by atoms with Gasteiger partial charge < -0.3 is 5.32 Å². The minimum atomic E-state index is -4.94. The van der Waals surface area contributed by atoms with Crippen molar-refractivity contribution in [3.63, 3.8) is 0 Å². The second kappa shape index (κ2) is 4.92. The molecule has 0 fully saturated rings. The third-order valence-corrected chi connectivity index (χ3v) is 3.37. The first-order chi connectivity index (χ1) is 9.20. The number of fused-ring (bicyclic) bond motifs is 1. The Kier molecular flexibility index (Phi) is 3.58. The summed E-state index contributed by atoms with van der Waals surface area (Å²) in [5, 5.41) is 1.87. The lowest BCUT2D eigenvalue weighted by Gasteiger charge is -2.15. The van der Waals surface area contributed by atoms with Gasteiger partial charge in [0.2, 0.25) is 0 Å². The molecule has 3 nitrogen and oxygen atoms in total. The molecule has 0 heterocycles. The predicted molar refractivity (Wildman–Crippen MR) is 66.4 cm³/mol. The van der Waals surface area contributed by atoms with Crippen molar-refractivity contribution < 1.29 is 22.8 Å². The first kappa shape index (κ1) is 14.6. The van der Waals surface area contributed by atoms with E-state index in [0.29, 0.717) is 11.1 Å². The van der Waals surface area contributed by atoms with Gasteiger partial charge in [0, 0.05) is 12.0 Å². The highest BCUT2D eigenvalue weighted by molar-refractivity contribution is 6.02. The Bertz CT molecular complexity index is 564. The second-order valence-electron chi connectivity index (χ2n) is 5.15.